The quantitative estimate of drug-likeness (QED) is 0.913. The molecule has 2 heterocycles. The summed E-state index contributed by atoms with van der Waals surface area (Å²) in [5, 5.41) is 11.0. The van der Waals surface area contributed by atoms with Gasteiger partial charge >= 0.3 is 0 Å². The van der Waals surface area contributed by atoms with Gasteiger partial charge in [-0.25, -0.2) is 4.98 Å². The number of nitrogens with one attached hydrogen (secondary N) is 1. The van der Waals surface area contributed by atoms with Gasteiger partial charge in [-0.3, -0.25) is 0 Å². The molecule has 2 aromatic rings. The number of β-amino-alcohol motifs (C(OH)–C–C–N with tert-alkyl or cyclic N) is 1. The smallest absolute Gasteiger partial charge is 0.109 e. The van der Waals surface area contributed by atoms with Crippen molar-refractivity contribution in [1.82, 2.24) is 14.9 Å². The third-order valence-corrected chi connectivity index (χ3v) is 4.43. The number of rotatable bonds is 4. The van der Waals surface area contributed by atoms with Gasteiger partial charge in [-0.2, -0.15) is 0 Å². The molecule has 0 amide bonds. The summed E-state index contributed by atoms with van der Waals surface area (Å²) in [5.74, 6) is 1.61. The molecule has 1 fully saturated rings. The van der Waals surface area contributed by atoms with Gasteiger partial charge in [0.25, 0.3) is 0 Å². The maximum Gasteiger partial charge on any atom is 0.109 e. The molecule has 1 aromatic carbocycles. The van der Waals surface area contributed by atoms with E-state index in [1.165, 1.54) is 0 Å². The zero-order valence-corrected chi connectivity index (χ0v) is 12.6. The number of halogens is 1. The van der Waals surface area contributed by atoms with Crippen LogP contribution in [0.5, 0.6) is 0 Å². The van der Waals surface area contributed by atoms with Crippen molar-refractivity contribution in [2.45, 2.75) is 24.9 Å². The molecule has 0 radical (unpaired) electrons. The molecule has 5 heteroatoms. The van der Waals surface area contributed by atoms with E-state index in [9.17, 15) is 5.11 Å². The third kappa shape index (κ3) is 3.64. The number of imidazole rings is 1. The molecular weight excluding hydrogens is 286 g/mol. The summed E-state index contributed by atoms with van der Waals surface area (Å²) in [6.07, 6.45) is 5.40. The number of aromatic amines is 1. The molecule has 1 saturated heterocycles. The number of H-pyrrole nitrogens is 1. The topological polar surface area (TPSA) is 52.1 Å². The fraction of sp³-hybridized carbons (Fsp3) is 0.438. The van der Waals surface area contributed by atoms with Crippen LogP contribution in [0.25, 0.3) is 0 Å². The van der Waals surface area contributed by atoms with Gasteiger partial charge in [0, 0.05) is 29.9 Å². The molecule has 0 spiro atoms. The Balaban J connectivity index is 1.52. The lowest BCUT2D eigenvalue weighted by Gasteiger charge is -2.32. The normalized spacial score (nSPS) is 18.8. The van der Waals surface area contributed by atoms with Crippen LogP contribution in [0.15, 0.2) is 36.7 Å². The van der Waals surface area contributed by atoms with Crippen molar-refractivity contribution < 1.29 is 5.11 Å². The summed E-state index contributed by atoms with van der Waals surface area (Å²) in [6, 6.07) is 7.43. The van der Waals surface area contributed by atoms with Crippen molar-refractivity contribution in [3.05, 3.63) is 53.1 Å². The van der Waals surface area contributed by atoms with Crippen LogP contribution in [0.1, 0.15) is 36.3 Å². The molecule has 0 saturated carbocycles. The highest BCUT2D eigenvalue weighted by molar-refractivity contribution is 6.30. The van der Waals surface area contributed by atoms with Crippen molar-refractivity contribution in [3.8, 4) is 0 Å². The number of hydrogen-bond donors (Lipinski definition) is 2. The van der Waals surface area contributed by atoms with Crippen LogP contribution >= 0.6 is 11.6 Å². The second-order valence-electron chi connectivity index (χ2n) is 5.62. The van der Waals surface area contributed by atoms with Crippen molar-refractivity contribution in [2.75, 3.05) is 19.6 Å². The van der Waals surface area contributed by atoms with Crippen LogP contribution in [-0.4, -0.2) is 39.6 Å². The minimum atomic E-state index is -0.456. The fourth-order valence-electron chi connectivity index (χ4n) is 2.92. The van der Waals surface area contributed by atoms with Crippen molar-refractivity contribution in [3.63, 3.8) is 0 Å². The van der Waals surface area contributed by atoms with E-state index in [-0.39, 0.29) is 0 Å². The van der Waals surface area contributed by atoms with Crippen molar-refractivity contribution in [2.24, 2.45) is 0 Å². The Hall–Kier alpha value is -1.36. The Morgan fingerprint density at radius 1 is 1.29 bits per heavy atom. The number of aliphatic hydroxyl groups excluding tert-OH is 1. The molecule has 1 aliphatic heterocycles. The monoisotopic (exact) mass is 305 g/mol. The average Bonchev–Trinajstić information content (AvgIpc) is 3.03. The molecule has 1 atom stereocenters. The molecule has 0 unspecified atom stereocenters. The molecule has 3 rings (SSSR count). The molecule has 0 bridgehead atoms. The number of nitrogens with zero attached hydrogens (tertiary/aromatic N) is 2. The summed E-state index contributed by atoms with van der Waals surface area (Å²) < 4.78 is 0. The van der Waals surface area contributed by atoms with Crippen LogP contribution in [0, 0.1) is 0 Å². The predicted molar refractivity (Wildman–Crippen MR) is 83.4 cm³/mol. The minimum absolute atomic E-state index is 0.456. The fourth-order valence-corrected chi connectivity index (χ4v) is 3.05. The van der Waals surface area contributed by atoms with E-state index in [0.717, 1.165) is 37.3 Å². The lowest BCUT2D eigenvalue weighted by atomic mass is 9.95. The summed E-state index contributed by atoms with van der Waals surface area (Å²) in [5.41, 5.74) is 0.924. The maximum absolute atomic E-state index is 10.3. The zero-order chi connectivity index (χ0) is 14.7. The van der Waals surface area contributed by atoms with Crippen LogP contribution in [0.2, 0.25) is 5.02 Å². The largest absolute Gasteiger partial charge is 0.387 e. The highest BCUT2D eigenvalue weighted by atomic mass is 35.5. The number of hydrogen-bond acceptors (Lipinski definition) is 3. The van der Waals surface area contributed by atoms with Crippen LogP contribution in [0.4, 0.5) is 0 Å². The molecule has 1 aliphatic rings. The lowest BCUT2D eigenvalue weighted by Crippen LogP contribution is -2.36. The number of benzene rings is 1. The minimum Gasteiger partial charge on any atom is -0.387 e. The van der Waals surface area contributed by atoms with E-state index in [0.29, 0.717) is 17.5 Å². The van der Waals surface area contributed by atoms with Gasteiger partial charge < -0.3 is 15.0 Å². The number of likely N-dealkylation sites (tertiary alicyclic amines) is 1. The van der Waals surface area contributed by atoms with Gasteiger partial charge in [-0.15, -0.1) is 0 Å². The van der Waals surface area contributed by atoms with Gasteiger partial charge in [-0.1, -0.05) is 23.7 Å². The van der Waals surface area contributed by atoms with E-state index >= 15 is 0 Å². The number of aromatic nitrogens is 2. The number of aliphatic hydroxyl groups is 1. The van der Waals surface area contributed by atoms with E-state index < -0.39 is 6.10 Å². The summed E-state index contributed by atoms with van der Waals surface area (Å²) in [6.45, 7) is 2.67. The summed E-state index contributed by atoms with van der Waals surface area (Å²) in [7, 11) is 0. The predicted octanol–water partition coefficient (Wildman–Crippen LogP) is 2.98. The van der Waals surface area contributed by atoms with Gasteiger partial charge in [0.05, 0.1) is 6.10 Å². The van der Waals surface area contributed by atoms with E-state index in [1.54, 1.807) is 0 Å². The first-order valence-electron chi connectivity index (χ1n) is 7.37. The molecule has 4 nitrogen and oxygen atoms in total. The highest BCUT2D eigenvalue weighted by Crippen LogP contribution is 2.26. The number of piperidine rings is 1. The molecule has 112 valence electrons. The van der Waals surface area contributed by atoms with Gasteiger partial charge in [0.1, 0.15) is 5.82 Å². The molecule has 21 heavy (non-hydrogen) atoms. The maximum atomic E-state index is 10.3. The average molecular weight is 306 g/mol. The Bertz CT molecular complexity index is 547. The second-order valence-corrected chi connectivity index (χ2v) is 6.05. The van der Waals surface area contributed by atoms with Crippen LogP contribution in [0.3, 0.4) is 0 Å². The standard InChI is InChI=1S/C16H20ClN3O/c17-14-3-1-12(2-4-14)15(21)11-20-9-5-13(6-10-20)16-18-7-8-19-16/h1-4,7-8,13,15,21H,5-6,9-11H2,(H,18,19)/t15-/m0/s1. The third-order valence-electron chi connectivity index (χ3n) is 4.18. The Labute approximate surface area is 129 Å². The summed E-state index contributed by atoms with van der Waals surface area (Å²) >= 11 is 5.87. The molecular formula is C16H20ClN3O. The first-order valence-corrected chi connectivity index (χ1v) is 7.75. The van der Waals surface area contributed by atoms with E-state index in [4.69, 9.17) is 11.6 Å². The summed E-state index contributed by atoms with van der Waals surface area (Å²) in [4.78, 5) is 9.87. The zero-order valence-electron chi connectivity index (χ0n) is 11.9. The van der Waals surface area contributed by atoms with Crippen LogP contribution in [-0.2, 0) is 0 Å². The molecule has 2 N–H and O–H groups in total. The van der Waals surface area contributed by atoms with Gasteiger partial charge in [0.2, 0.25) is 0 Å². The van der Waals surface area contributed by atoms with E-state index in [1.807, 2.05) is 36.7 Å². The van der Waals surface area contributed by atoms with Crippen molar-refractivity contribution in [1.29, 1.82) is 0 Å². The lowest BCUT2D eigenvalue weighted by molar-refractivity contribution is 0.0966. The van der Waals surface area contributed by atoms with E-state index in [2.05, 4.69) is 14.9 Å². The molecule has 0 aliphatic carbocycles. The Morgan fingerprint density at radius 2 is 2.00 bits per heavy atom. The first-order chi connectivity index (χ1) is 10.2. The van der Waals surface area contributed by atoms with Crippen LogP contribution < -0.4 is 0 Å². The van der Waals surface area contributed by atoms with Gasteiger partial charge in [-0.05, 0) is 43.6 Å². The Morgan fingerprint density at radius 3 is 2.62 bits per heavy atom. The Kier molecular flexibility index (Phi) is 4.58. The SMILES string of the molecule is O[C@@H](CN1CCC(c2ncc[nH]2)CC1)c1ccc(Cl)cc1. The van der Waals surface area contributed by atoms with Crippen molar-refractivity contribution >= 4 is 11.6 Å². The second kappa shape index (κ2) is 6.60. The van der Waals surface area contributed by atoms with Gasteiger partial charge in [0.15, 0.2) is 0 Å². The highest BCUT2D eigenvalue weighted by Gasteiger charge is 2.23. The first kappa shape index (κ1) is 14.6. The molecule has 1 aromatic heterocycles.